The molecule has 2 N–H and O–H groups in total. The first-order chi connectivity index (χ1) is 9.97. The summed E-state index contributed by atoms with van der Waals surface area (Å²) in [6.07, 6.45) is 0. The standard InChI is InChI=1S/C16H19N3OS/c1-8-5-6-9(2)12(7-8)14-13-10(3)18-19-15(13)17-16(20)11(4)21-14/h5-7,11,14H,1-4H3,(H2,17,18,19,20). The molecule has 2 atom stereocenters. The monoisotopic (exact) mass is 301 g/mol. The van der Waals surface area contributed by atoms with Crippen molar-refractivity contribution in [1.29, 1.82) is 0 Å². The number of aromatic amines is 1. The van der Waals surface area contributed by atoms with E-state index < -0.39 is 0 Å². The van der Waals surface area contributed by atoms with Crippen molar-refractivity contribution in [2.75, 3.05) is 5.32 Å². The van der Waals surface area contributed by atoms with Gasteiger partial charge in [0.05, 0.1) is 10.5 Å². The topological polar surface area (TPSA) is 57.8 Å². The van der Waals surface area contributed by atoms with Gasteiger partial charge < -0.3 is 5.32 Å². The van der Waals surface area contributed by atoms with Crippen molar-refractivity contribution in [3.8, 4) is 0 Å². The SMILES string of the molecule is Cc1ccc(C)c(C2SC(C)C(=O)Nc3n[nH]c(C)c32)c1. The van der Waals surface area contributed by atoms with Gasteiger partial charge in [-0.1, -0.05) is 23.8 Å². The fourth-order valence-electron chi connectivity index (χ4n) is 2.68. The number of H-pyrrole nitrogens is 1. The number of hydrogen-bond acceptors (Lipinski definition) is 3. The molecule has 4 nitrogen and oxygen atoms in total. The number of benzene rings is 1. The van der Waals surface area contributed by atoms with Crippen LogP contribution >= 0.6 is 11.8 Å². The highest BCUT2D eigenvalue weighted by molar-refractivity contribution is 8.01. The number of nitrogens with one attached hydrogen (secondary N) is 2. The summed E-state index contributed by atoms with van der Waals surface area (Å²) < 4.78 is 0. The zero-order valence-corrected chi connectivity index (χ0v) is 13.5. The molecular formula is C16H19N3OS. The maximum atomic E-state index is 12.1. The van der Waals surface area contributed by atoms with Crippen LogP contribution in [0.3, 0.4) is 0 Å². The number of rotatable bonds is 1. The van der Waals surface area contributed by atoms with Gasteiger partial charge in [0.2, 0.25) is 5.91 Å². The largest absolute Gasteiger partial charge is 0.308 e. The third kappa shape index (κ3) is 2.46. The van der Waals surface area contributed by atoms with Gasteiger partial charge >= 0.3 is 0 Å². The van der Waals surface area contributed by atoms with Gasteiger partial charge in [-0.25, -0.2) is 0 Å². The van der Waals surface area contributed by atoms with Crippen molar-refractivity contribution in [1.82, 2.24) is 10.2 Å². The quantitative estimate of drug-likeness (QED) is 0.847. The molecule has 110 valence electrons. The molecule has 1 aromatic carbocycles. The van der Waals surface area contributed by atoms with Crippen LogP contribution in [0.4, 0.5) is 5.82 Å². The summed E-state index contributed by atoms with van der Waals surface area (Å²) in [5, 5.41) is 10.2. The number of thioether (sulfide) groups is 1. The number of carbonyl (C=O) groups is 1. The molecule has 0 spiro atoms. The highest BCUT2D eigenvalue weighted by Gasteiger charge is 2.32. The lowest BCUT2D eigenvalue weighted by Gasteiger charge is -2.20. The Morgan fingerprint density at radius 3 is 2.76 bits per heavy atom. The molecule has 0 saturated carbocycles. The molecule has 1 aromatic heterocycles. The lowest BCUT2D eigenvalue weighted by Crippen LogP contribution is -2.21. The van der Waals surface area contributed by atoms with Crippen molar-refractivity contribution < 1.29 is 4.79 Å². The molecule has 0 saturated heterocycles. The Bertz CT molecular complexity index is 708. The van der Waals surface area contributed by atoms with E-state index in [-0.39, 0.29) is 16.4 Å². The molecule has 2 aromatic rings. The van der Waals surface area contributed by atoms with Crippen molar-refractivity contribution >= 4 is 23.5 Å². The Hall–Kier alpha value is -1.75. The van der Waals surface area contributed by atoms with E-state index in [1.807, 2.05) is 13.8 Å². The van der Waals surface area contributed by atoms with Crippen LogP contribution in [0.15, 0.2) is 18.2 Å². The molecular weight excluding hydrogens is 282 g/mol. The van der Waals surface area contributed by atoms with E-state index in [0.29, 0.717) is 5.82 Å². The molecule has 0 aliphatic carbocycles. The summed E-state index contributed by atoms with van der Waals surface area (Å²) in [7, 11) is 0. The van der Waals surface area contributed by atoms with Crippen molar-refractivity contribution in [3.63, 3.8) is 0 Å². The lowest BCUT2D eigenvalue weighted by molar-refractivity contribution is -0.115. The van der Waals surface area contributed by atoms with Crippen LogP contribution in [0.2, 0.25) is 0 Å². The van der Waals surface area contributed by atoms with Gasteiger partial charge in [-0.2, -0.15) is 5.10 Å². The predicted octanol–water partition coefficient (Wildman–Crippen LogP) is 3.50. The maximum Gasteiger partial charge on any atom is 0.238 e. The summed E-state index contributed by atoms with van der Waals surface area (Å²) in [5.74, 6) is 0.681. The molecule has 0 bridgehead atoms. The number of fused-ring (bicyclic) bond motifs is 1. The normalized spacial score (nSPS) is 21.6. The van der Waals surface area contributed by atoms with Crippen molar-refractivity contribution in [2.45, 2.75) is 38.2 Å². The van der Waals surface area contributed by atoms with E-state index in [4.69, 9.17) is 0 Å². The smallest absolute Gasteiger partial charge is 0.238 e. The number of nitrogens with zero attached hydrogens (tertiary/aromatic N) is 1. The lowest BCUT2D eigenvalue weighted by atomic mass is 9.98. The molecule has 0 fully saturated rings. The van der Waals surface area contributed by atoms with Gasteiger partial charge in [-0.05, 0) is 38.8 Å². The Morgan fingerprint density at radius 2 is 2.00 bits per heavy atom. The molecule has 2 unspecified atom stereocenters. The summed E-state index contributed by atoms with van der Waals surface area (Å²) in [6, 6.07) is 6.48. The van der Waals surface area contributed by atoms with Crippen LogP contribution in [-0.2, 0) is 4.79 Å². The fourth-order valence-corrected chi connectivity index (χ4v) is 4.09. The molecule has 21 heavy (non-hydrogen) atoms. The molecule has 1 amide bonds. The number of aromatic nitrogens is 2. The van der Waals surface area contributed by atoms with E-state index in [2.05, 4.69) is 47.6 Å². The van der Waals surface area contributed by atoms with Crippen molar-refractivity contribution in [2.24, 2.45) is 0 Å². The Labute approximate surface area is 128 Å². The number of aryl methyl sites for hydroxylation is 3. The van der Waals surface area contributed by atoms with Gasteiger partial charge in [0.25, 0.3) is 0 Å². The summed E-state index contributed by atoms with van der Waals surface area (Å²) in [4.78, 5) is 12.1. The third-order valence-corrected chi connectivity index (χ3v) is 5.31. The number of hydrogen-bond donors (Lipinski definition) is 2. The summed E-state index contributed by atoms with van der Waals surface area (Å²) >= 11 is 1.68. The molecule has 2 heterocycles. The maximum absolute atomic E-state index is 12.1. The van der Waals surface area contributed by atoms with Gasteiger partial charge in [0.1, 0.15) is 0 Å². The zero-order valence-electron chi connectivity index (χ0n) is 12.7. The molecule has 5 heteroatoms. The highest BCUT2D eigenvalue weighted by Crippen LogP contribution is 2.45. The van der Waals surface area contributed by atoms with E-state index in [1.165, 1.54) is 16.7 Å². The second-order valence-electron chi connectivity index (χ2n) is 5.62. The Balaban J connectivity index is 2.18. The van der Waals surface area contributed by atoms with Crippen molar-refractivity contribution in [3.05, 3.63) is 46.1 Å². The van der Waals surface area contributed by atoms with Gasteiger partial charge in [-0.15, -0.1) is 11.8 Å². The van der Waals surface area contributed by atoms with E-state index >= 15 is 0 Å². The first-order valence-corrected chi connectivity index (χ1v) is 8.00. The minimum Gasteiger partial charge on any atom is -0.308 e. The van der Waals surface area contributed by atoms with E-state index in [9.17, 15) is 4.79 Å². The number of anilines is 1. The number of amides is 1. The zero-order chi connectivity index (χ0) is 15.1. The van der Waals surface area contributed by atoms with Crippen LogP contribution in [0, 0.1) is 20.8 Å². The van der Waals surface area contributed by atoms with Crippen LogP contribution in [0.25, 0.3) is 0 Å². The minimum absolute atomic E-state index is 0.0144. The third-order valence-electron chi connectivity index (χ3n) is 3.92. The van der Waals surface area contributed by atoms with Gasteiger partial charge in [0, 0.05) is 11.3 Å². The molecule has 1 aliphatic rings. The highest BCUT2D eigenvalue weighted by atomic mass is 32.2. The first-order valence-electron chi connectivity index (χ1n) is 7.05. The second-order valence-corrected chi connectivity index (χ2v) is 7.07. The van der Waals surface area contributed by atoms with Crippen LogP contribution in [0.5, 0.6) is 0 Å². The average molecular weight is 301 g/mol. The summed E-state index contributed by atoms with van der Waals surface area (Å²) in [6.45, 7) is 8.17. The molecule has 3 rings (SSSR count). The van der Waals surface area contributed by atoms with Crippen LogP contribution in [0.1, 0.15) is 40.1 Å². The average Bonchev–Trinajstić information content (AvgIpc) is 2.73. The second kappa shape index (κ2) is 5.22. The Morgan fingerprint density at radius 1 is 1.24 bits per heavy atom. The predicted molar refractivity (Wildman–Crippen MR) is 86.8 cm³/mol. The summed E-state index contributed by atoms with van der Waals surface area (Å²) in [5.41, 5.74) is 5.83. The molecule has 1 aliphatic heterocycles. The van der Waals surface area contributed by atoms with Crippen LogP contribution in [-0.4, -0.2) is 21.4 Å². The fraction of sp³-hybridized carbons (Fsp3) is 0.375. The van der Waals surface area contributed by atoms with E-state index in [0.717, 1.165) is 11.3 Å². The first kappa shape index (κ1) is 14.2. The van der Waals surface area contributed by atoms with E-state index in [1.54, 1.807) is 11.8 Å². The number of carbonyl (C=O) groups excluding carboxylic acids is 1. The minimum atomic E-state index is -0.108. The Kier molecular flexibility index (Phi) is 3.53. The molecule has 0 radical (unpaired) electrons. The van der Waals surface area contributed by atoms with Gasteiger partial charge in [0.15, 0.2) is 5.82 Å². The van der Waals surface area contributed by atoms with Crippen LogP contribution < -0.4 is 5.32 Å². The van der Waals surface area contributed by atoms with Gasteiger partial charge in [-0.3, -0.25) is 9.89 Å².